The molecule has 0 saturated carbocycles. The van der Waals surface area contributed by atoms with E-state index in [1.54, 1.807) is 16.7 Å². The Morgan fingerprint density at radius 1 is 1.22 bits per heavy atom. The normalized spacial score (nSPS) is 25.1. The van der Waals surface area contributed by atoms with Crippen molar-refractivity contribution in [3.63, 3.8) is 0 Å². The second-order valence-corrected chi connectivity index (χ2v) is 9.52. The Hall–Kier alpha value is -1.54. The Labute approximate surface area is 171 Å². The number of anilines is 1. The van der Waals surface area contributed by atoms with E-state index in [0.717, 1.165) is 35.1 Å². The average molecular weight is 415 g/mol. The average Bonchev–Trinajstić information content (AvgIpc) is 3.37. The van der Waals surface area contributed by atoms with Crippen LogP contribution in [0.15, 0.2) is 51.2 Å². The molecule has 138 valence electrons. The first-order chi connectivity index (χ1) is 13.1. The third-order valence-electron chi connectivity index (χ3n) is 5.16. The number of carbonyl (C=O) groups is 1. The number of fused-ring (bicyclic) bond motifs is 3. The van der Waals surface area contributed by atoms with Gasteiger partial charge in [-0.3, -0.25) is 9.69 Å². The molecule has 4 nitrogen and oxygen atoms in total. The fraction of sp³-hybridized carbons (Fsp3) is 0.300. The first-order valence-corrected chi connectivity index (χ1v) is 11.0. The molecule has 3 heterocycles. The molecule has 0 radical (unpaired) electrons. The van der Waals surface area contributed by atoms with Crippen molar-refractivity contribution in [3.8, 4) is 0 Å². The van der Waals surface area contributed by atoms with Gasteiger partial charge in [0.2, 0.25) is 0 Å². The molecule has 0 bridgehead atoms. The first-order valence-electron chi connectivity index (χ1n) is 8.96. The summed E-state index contributed by atoms with van der Waals surface area (Å²) in [6.45, 7) is 1.34. The van der Waals surface area contributed by atoms with Crippen LogP contribution in [0.25, 0.3) is 10.8 Å². The number of rotatable bonds is 2. The van der Waals surface area contributed by atoms with Crippen LogP contribution in [0.1, 0.15) is 12.8 Å². The van der Waals surface area contributed by atoms with Crippen LogP contribution in [0, 0.1) is 0 Å². The molecule has 0 N–H and O–H groups in total. The minimum absolute atomic E-state index is 0.00645. The zero-order valence-corrected chi connectivity index (χ0v) is 17.3. The molecule has 3 aliphatic heterocycles. The molecule has 3 aliphatic rings. The highest BCUT2D eigenvalue weighted by Crippen LogP contribution is 2.52. The Kier molecular flexibility index (Phi) is 4.43. The van der Waals surface area contributed by atoms with Crippen LogP contribution < -0.4 is 4.90 Å². The number of thiocarbonyl (C=S) groups is 1. The van der Waals surface area contributed by atoms with E-state index in [1.807, 2.05) is 13.1 Å². The van der Waals surface area contributed by atoms with Gasteiger partial charge in [-0.2, -0.15) is 0 Å². The number of benzene rings is 2. The smallest absolute Gasteiger partial charge is 0.268 e. The molecule has 2 aromatic rings. The predicted molar refractivity (Wildman–Crippen MR) is 116 cm³/mol. The Morgan fingerprint density at radius 2 is 2.07 bits per heavy atom. The van der Waals surface area contributed by atoms with Crippen molar-refractivity contribution in [1.82, 2.24) is 4.90 Å². The van der Waals surface area contributed by atoms with Gasteiger partial charge < -0.3 is 9.64 Å². The molecule has 0 spiro atoms. The van der Waals surface area contributed by atoms with Gasteiger partial charge in [-0.1, -0.05) is 66.1 Å². The summed E-state index contributed by atoms with van der Waals surface area (Å²) in [5.41, 5.74) is 1.16. The van der Waals surface area contributed by atoms with Gasteiger partial charge in [0.1, 0.15) is 9.23 Å². The lowest BCUT2D eigenvalue weighted by atomic mass is 10.1. The lowest BCUT2D eigenvalue weighted by molar-refractivity contribution is -0.123. The van der Waals surface area contributed by atoms with Crippen LogP contribution in [0.5, 0.6) is 0 Å². The number of carbonyl (C=O) groups excluding carboxylic acids is 1. The molecular formula is C20H18N2O2S3. The molecule has 1 amide bonds. The topological polar surface area (TPSA) is 32.8 Å². The number of ether oxygens (including phenoxy) is 1. The van der Waals surface area contributed by atoms with Gasteiger partial charge in [0.25, 0.3) is 5.91 Å². The van der Waals surface area contributed by atoms with Crippen molar-refractivity contribution in [1.29, 1.82) is 0 Å². The Bertz CT molecular complexity index is 998. The second kappa shape index (κ2) is 6.81. The third kappa shape index (κ3) is 2.88. The largest absolute Gasteiger partial charge is 0.376 e. The summed E-state index contributed by atoms with van der Waals surface area (Å²) in [6.07, 6.45) is 2.16. The maximum Gasteiger partial charge on any atom is 0.268 e. The molecule has 0 aromatic heterocycles. The van der Waals surface area contributed by atoms with Gasteiger partial charge in [-0.15, -0.1) is 0 Å². The maximum absolute atomic E-state index is 13.1. The number of amides is 1. The molecule has 2 fully saturated rings. The van der Waals surface area contributed by atoms with Crippen molar-refractivity contribution in [2.24, 2.45) is 0 Å². The summed E-state index contributed by atoms with van der Waals surface area (Å²) < 4.78 is 6.33. The van der Waals surface area contributed by atoms with Crippen LogP contribution in [0.3, 0.4) is 0 Å². The lowest BCUT2D eigenvalue weighted by Crippen LogP contribution is -2.35. The van der Waals surface area contributed by atoms with E-state index in [2.05, 4.69) is 35.2 Å². The number of hydrogen-bond acceptors (Lipinski definition) is 6. The van der Waals surface area contributed by atoms with Crippen LogP contribution in [0.4, 0.5) is 5.69 Å². The van der Waals surface area contributed by atoms with Crippen LogP contribution >= 0.6 is 35.7 Å². The zero-order valence-electron chi connectivity index (χ0n) is 14.8. The summed E-state index contributed by atoms with van der Waals surface area (Å²) in [6, 6.07) is 12.6. The van der Waals surface area contributed by atoms with E-state index in [1.165, 1.54) is 27.4 Å². The summed E-state index contributed by atoms with van der Waals surface area (Å²) >= 11 is 8.58. The van der Waals surface area contributed by atoms with Crippen LogP contribution in [-0.2, 0) is 9.53 Å². The van der Waals surface area contributed by atoms with E-state index >= 15 is 0 Å². The quantitative estimate of drug-likeness (QED) is 0.528. The van der Waals surface area contributed by atoms with E-state index in [0.29, 0.717) is 10.9 Å². The zero-order chi connectivity index (χ0) is 18.5. The van der Waals surface area contributed by atoms with E-state index in [9.17, 15) is 4.79 Å². The second-order valence-electron chi connectivity index (χ2n) is 6.85. The molecule has 1 unspecified atom stereocenters. The minimum atomic E-state index is 0.00645. The van der Waals surface area contributed by atoms with E-state index < -0.39 is 0 Å². The van der Waals surface area contributed by atoms with Crippen molar-refractivity contribution < 1.29 is 9.53 Å². The highest BCUT2D eigenvalue weighted by Gasteiger charge is 2.39. The predicted octanol–water partition coefficient (Wildman–Crippen LogP) is 4.59. The van der Waals surface area contributed by atoms with E-state index in [4.69, 9.17) is 17.0 Å². The van der Waals surface area contributed by atoms with Gasteiger partial charge in [0.15, 0.2) is 0 Å². The number of hydrogen-bond donors (Lipinski definition) is 0. The Balaban J connectivity index is 1.50. The van der Waals surface area contributed by atoms with Crippen LogP contribution in [-0.4, -0.2) is 41.4 Å². The molecule has 5 rings (SSSR count). The Morgan fingerprint density at radius 3 is 2.89 bits per heavy atom. The SMILES string of the molecule is CN1/C(=C2/SC(=S)N(CC3CCCO3)C2=O)Sc2ccc3ccccc3c21. The highest BCUT2D eigenvalue weighted by molar-refractivity contribution is 8.27. The van der Waals surface area contributed by atoms with E-state index in [-0.39, 0.29) is 12.0 Å². The first kappa shape index (κ1) is 17.6. The molecule has 27 heavy (non-hydrogen) atoms. The summed E-state index contributed by atoms with van der Waals surface area (Å²) in [7, 11) is 2.03. The molecule has 2 aromatic carbocycles. The fourth-order valence-electron chi connectivity index (χ4n) is 3.81. The fourth-order valence-corrected chi connectivity index (χ4v) is 6.43. The van der Waals surface area contributed by atoms with Gasteiger partial charge in [-0.05, 0) is 24.3 Å². The monoisotopic (exact) mass is 414 g/mol. The molecule has 0 aliphatic carbocycles. The van der Waals surface area contributed by atoms with Gasteiger partial charge in [0, 0.05) is 23.9 Å². The third-order valence-corrected chi connectivity index (χ3v) is 7.95. The van der Waals surface area contributed by atoms with Gasteiger partial charge in [0.05, 0.1) is 23.4 Å². The van der Waals surface area contributed by atoms with Crippen LogP contribution in [0.2, 0.25) is 0 Å². The standard InChI is InChI=1S/C20H18N2O2S3/c1-21-16-14-7-3-2-5-12(14)8-9-15(16)26-19(21)17-18(23)22(20(25)27-17)11-13-6-4-10-24-13/h2-3,5,7-9,13H,4,6,10-11H2,1H3/b19-17-. The summed E-state index contributed by atoms with van der Waals surface area (Å²) in [5, 5.41) is 3.37. The van der Waals surface area contributed by atoms with Crippen molar-refractivity contribution >= 4 is 62.4 Å². The van der Waals surface area contributed by atoms with Gasteiger partial charge in [-0.25, -0.2) is 0 Å². The molecule has 1 atom stereocenters. The summed E-state index contributed by atoms with van der Waals surface area (Å²) in [4.78, 5) is 18.9. The van der Waals surface area contributed by atoms with Crippen molar-refractivity contribution in [3.05, 3.63) is 46.3 Å². The van der Waals surface area contributed by atoms with Crippen molar-refractivity contribution in [2.45, 2.75) is 23.8 Å². The number of nitrogens with zero attached hydrogens (tertiary/aromatic N) is 2. The summed E-state index contributed by atoms with van der Waals surface area (Å²) in [5.74, 6) is 0.00645. The van der Waals surface area contributed by atoms with Crippen molar-refractivity contribution in [2.75, 3.05) is 25.1 Å². The van der Waals surface area contributed by atoms with Gasteiger partial charge >= 0.3 is 0 Å². The molecule has 2 saturated heterocycles. The molecular weight excluding hydrogens is 396 g/mol. The molecule has 7 heteroatoms. The number of thioether (sulfide) groups is 2. The maximum atomic E-state index is 13.1. The highest BCUT2D eigenvalue weighted by atomic mass is 32.2. The lowest BCUT2D eigenvalue weighted by Gasteiger charge is -2.19. The minimum Gasteiger partial charge on any atom is -0.376 e.